The van der Waals surface area contributed by atoms with Gasteiger partial charge in [-0.15, -0.1) is 0 Å². The van der Waals surface area contributed by atoms with Gasteiger partial charge in [-0.2, -0.15) is 0 Å². The summed E-state index contributed by atoms with van der Waals surface area (Å²) in [5.41, 5.74) is 0. The van der Waals surface area contributed by atoms with Crippen LogP contribution in [0, 0.1) is 5.92 Å². The lowest BCUT2D eigenvalue weighted by Crippen LogP contribution is -2.47. The van der Waals surface area contributed by atoms with Gasteiger partial charge in [0.1, 0.15) is 0 Å². The number of ether oxygens (including phenoxy) is 3. The molecule has 0 aromatic heterocycles. The number of carbonyl (C=O) groups excluding carboxylic acids is 1. The second-order valence-corrected chi connectivity index (χ2v) is 3.48. The number of hydrogen-bond acceptors (Lipinski definition) is 5. The smallest absolute Gasteiger partial charge is 0.311 e. The topological polar surface area (TPSA) is 56.8 Å². The largest absolute Gasteiger partial charge is 0.465 e. The van der Waals surface area contributed by atoms with E-state index in [-0.39, 0.29) is 11.9 Å². The van der Waals surface area contributed by atoms with E-state index in [0.29, 0.717) is 26.4 Å². The number of carbonyl (C=O) groups is 1. The van der Waals surface area contributed by atoms with Crippen LogP contribution in [0.1, 0.15) is 6.42 Å². The van der Waals surface area contributed by atoms with Crippen LogP contribution in [0.4, 0.5) is 0 Å². The quantitative estimate of drug-likeness (QED) is 0.451. The Morgan fingerprint density at radius 3 is 2.67 bits per heavy atom. The molecule has 1 saturated heterocycles. The standard InChI is InChI=1S/C10H19NO4/c1-13-5-6-14-3-2-4-15-10(12)9-7-11-8-9/h9,11H,2-8H2,1H3. The molecule has 0 atom stereocenters. The molecule has 1 aliphatic rings. The summed E-state index contributed by atoms with van der Waals surface area (Å²) in [6.45, 7) is 3.76. The van der Waals surface area contributed by atoms with E-state index in [4.69, 9.17) is 14.2 Å². The lowest BCUT2D eigenvalue weighted by atomic mass is 10.0. The van der Waals surface area contributed by atoms with Crippen molar-refractivity contribution >= 4 is 5.97 Å². The molecule has 0 radical (unpaired) electrons. The second kappa shape index (κ2) is 7.62. The zero-order chi connectivity index (χ0) is 10.9. The van der Waals surface area contributed by atoms with E-state index in [9.17, 15) is 4.79 Å². The minimum Gasteiger partial charge on any atom is -0.465 e. The highest BCUT2D eigenvalue weighted by Gasteiger charge is 2.25. The number of rotatable bonds is 8. The molecule has 0 spiro atoms. The summed E-state index contributed by atoms with van der Waals surface area (Å²) in [4.78, 5) is 11.2. The molecule has 1 aliphatic heterocycles. The van der Waals surface area contributed by atoms with Gasteiger partial charge >= 0.3 is 5.97 Å². The van der Waals surface area contributed by atoms with E-state index in [1.54, 1.807) is 7.11 Å². The first-order chi connectivity index (χ1) is 7.34. The van der Waals surface area contributed by atoms with Crippen LogP contribution in [0.2, 0.25) is 0 Å². The fourth-order valence-corrected chi connectivity index (χ4v) is 1.15. The van der Waals surface area contributed by atoms with Crippen molar-refractivity contribution in [2.75, 3.05) is 46.6 Å². The lowest BCUT2D eigenvalue weighted by Gasteiger charge is -2.24. The van der Waals surface area contributed by atoms with Crippen LogP contribution in [0.5, 0.6) is 0 Å². The average Bonchev–Trinajstić information content (AvgIpc) is 2.14. The summed E-state index contributed by atoms with van der Waals surface area (Å²) in [7, 11) is 1.64. The maximum absolute atomic E-state index is 11.2. The molecule has 0 aliphatic carbocycles. The SMILES string of the molecule is COCCOCCCOC(=O)C1CNC1. The molecule has 1 fully saturated rings. The molecule has 0 unspecified atom stereocenters. The summed E-state index contributed by atoms with van der Waals surface area (Å²) in [5, 5.41) is 3.03. The third-order valence-electron chi connectivity index (χ3n) is 2.22. The van der Waals surface area contributed by atoms with Crippen molar-refractivity contribution in [3.8, 4) is 0 Å². The van der Waals surface area contributed by atoms with E-state index in [0.717, 1.165) is 19.5 Å². The predicted octanol–water partition coefficient (Wildman–Crippen LogP) is -0.198. The Hall–Kier alpha value is -0.650. The van der Waals surface area contributed by atoms with Gasteiger partial charge < -0.3 is 19.5 Å². The summed E-state index contributed by atoms with van der Waals surface area (Å²) >= 11 is 0. The Kier molecular flexibility index (Phi) is 6.31. The van der Waals surface area contributed by atoms with Crippen molar-refractivity contribution in [3.05, 3.63) is 0 Å². The van der Waals surface area contributed by atoms with Crippen LogP contribution in [0.15, 0.2) is 0 Å². The molecule has 88 valence electrons. The predicted molar refractivity (Wildman–Crippen MR) is 54.6 cm³/mol. The normalized spacial score (nSPS) is 16.1. The molecular formula is C10H19NO4. The van der Waals surface area contributed by atoms with Crippen LogP contribution in [0.25, 0.3) is 0 Å². The molecule has 1 N–H and O–H groups in total. The fraction of sp³-hybridized carbons (Fsp3) is 0.900. The van der Waals surface area contributed by atoms with E-state index >= 15 is 0 Å². The highest BCUT2D eigenvalue weighted by molar-refractivity contribution is 5.73. The Morgan fingerprint density at radius 1 is 1.27 bits per heavy atom. The monoisotopic (exact) mass is 217 g/mol. The molecular weight excluding hydrogens is 198 g/mol. The first-order valence-electron chi connectivity index (χ1n) is 5.28. The van der Waals surface area contributed by atoms with Crippen molar-refractivity contribution in [2.45, 2.75) is 6.42 Å². The van der Waals surface area contributed by atoms with Crippen molar-refractivity contribution < 1.29 is 19.0 Å². The summed E-state index contributed by atoms with van der Waals surface area (Å²) in [5.74, 6) is -0.0231. The second-order valence-electron chi connectivity index (χ2n) is 3.48. The number of nitrogens with one attached hydrogen (secondary N) is 1. The van der Waals surface area contributed by atoms with Crippen LogP contribution in [-0.2, 0) is 19.0 Å². The zero-order valence-electron chi connectivity index (χ0n) is 9.16. The summed E-state index contributed by atoms with van der Waals surface area (Å²) in [6.07, 6.45) is 0.746. The van der Waals surface area contributed by atoms with E-state index < -0.39 is 0 Å². The minimum atomic E-state index is -0.0920. The molecule has 5 nitrogen and oxygen atoms in total. The summed E-state index contributed by atoms with van der Waals surface area (Å²) in [6, 6.07) is 0. The maximum Gasteiger partial charge on any atom is 0.311 e. The van der Waals surface area contributed by atoms with Gasteiger partial charge in [-0.05, 0) is 0 Å². The van der Waals surface area contributed by atoms with Crippen LogP contribution >= 0.6 is 0 Å². The van der Waals surface area contributed by atoms with E-state index in [1.807, 2.05) is 0 Å². The third-order valence-corrected chi connectivity index (χ3v) is 2.22. The van der Waals surface area contributed by atoms with Crippen molar-refractivity contribution in [2.24, 2.45) is 5.92 Å². The Morgan fingerprint density at radius 2 is 2.07 bits per heavy atom. The van der Waals surface area contributed by atoms with Crippen molar-refractivity contribution in [3.63, 3.8) is 0 Å². The van der Waals surface area contributed by atoms with Crippen molar-refractivity contribution in [1.82, 2.24) is 5.32 Å². The minimum absolute atomic E-state index is 0.0689. The van der Waals surface area contributed by atoms with Crippen molar-refractivity contribution in [1.29, 1.82) is 0 Å². The first-order valence-corrected chi connectivity index (χ1v) is 5.28. The zero-order valence-corrected chi connectivity index (χ0v) is 9.16. The average molecular weight is 217 g/mol. The molecule has 0 aromatic carbocycles. The molecule has 0 saturated carbocycles. The van der Waals surface area contributed by atoms with Gasteiger partial charge in [0.25, 0.3) is 0 Å². The molecule has 0 amide bonds. The van der Waals surface area contributed by atoms with Gasteiger partial charge in [0.2, 0.25) is 0 Å². The van der Waals surface area contributed by atoms with Crippen LogP contribution < -0.4 is 5.32 Å². The number of hydrogen-bond donors (Lipinski definition) is 1. The van der Waals surface area contributed by atoms with Gasteiger partial charge in [0.15, 0.2) is 0 Å². The summed E-state index contributed by atoms with van der Waals surface area (Å²) < 4.78 is 15.1. The van der Waals surface area contributed by atoms with Gasteiger partial charge in [-0.25, -0.2) is 0 Å². The van der Waals surface area contributed by atoms with Crippen LogP contribution in [0.3, 0.4) is 0 Å². The molecule has 1 heterocycles. The highest BCUT2D eigenvalue weighted by atomic mass is 16.5. The van der Waals surface area contributed by atoms with Gasteiger partial charge in [0, 0.05) is 33.2 Å². The highest BCUT2D eigenvalue weighted by Crippen LogP contribution is 2.05. The Balaban J connectivity index is 1.81. The maximum atomic E-state index is 11.2. The van der Waals surface area contributed by atoms with Gasteiger partial charge in [0.05, 0.1) is 25.7 Å². The van der Waals surface area contributed by atoms with Crippen LogP contribution in [-0.4, -0.2) is 52.6 Å². The Bertz CT molecular complexity index is 182. The third kappa shape index (κ3) is 5.11. The number of esters is 1. The van der Waals surface area contributed by atoms with E-state index in [2.05, 4.69) is 5.32 Å². The first kappa shape index (κ1) is 12.4. The van der Waals surface area contributed by atoms with E-state index in [1.165, 1.54) is 0 Å². The molecule has 0 bridgehead atoms. The molecule has 0 aromatic rings. The molecule has 5 heteroatoms. The molecule has 1 rings (SSSR count). The molecule has 15 heavy (non-hydrogen) atoms. The fourth-order valence-electron chi connectivity index (χ4n) is 1.15. The Labute approximate surface area is 90.1 Å². The van der Waals surface area contributed by atoms with Gasteiger partial charge in [-0.1, -0.05) is 0 Å². The lowest BCUT2D eigenvalue weighted by molar-refractivity contribution is -0.150. The number of methoxy groups -OCH3 is 1. The van der Waals surface area contributed by atoms with Gasteiger partial charge in [-0.3, -0.25) is 4.79 Å².